The maximum Gasteiger partial charge on any atom is 0.232 e. The van der Waals surface area contributed by atoms with E-state index in [-0.39, 0.29) is 17.5 Å². The van der Waals surface area contributed by atoms with Crippen molar-refractivity contribution in [2.45, 2.75) is 6.92 Å². The molecule has 9 nitrogen and oxygen atoms in total. The number of hydrogen-bond donors (Lipinski definition) is 3. The third kappa shape index (κ3) is 4.25. The molecule has 0 aliphatic rings. The number of rotatable bonds is 6. The van der Waals surface area contributed by atoms with Gasteiger partial charge in [-0.2, -0.15) is 4.98 Å². The summed E-state index contributed by atoms with van der Waals surface area (Å²) in [6.07, 6.45) is 3.09. The first-order valence-electron chi connectivity index (χ1n) is 9.85. The van der Waals surface area contributed by atoms with Gasteiger partial charge in [-0.1, -0.05) is 18.2 Å². The van der Waals surface area contributed by atoms with Crippen LogP contribution in [0.2, 0.25) is 0 Å². The molecule has 2 aromatic carbocycles. The van der Waals surface area contributed by atoms with Gasteiger partial charge in [0.2, 0.25) is 11.9 Å². The lowest BCUT2D eigenvalue weighted by Crippen LogP contribution is -2.28. The van der Waals surface area contributed by atoms with Crippen molar-refractivity contribution in [2.75, 3.05) is 27.9 Å². The number of nitrogen functional groups attached to an aromatic ring is 2. The zero-order valence-electron chi connectivity index (χ0n) is 17.4. The van der Waals surface area contributed by atoms with E-state index in [0.717, 1.165) is 11.3 Å². The van der Waals surface area contributed by atoms with E-state index >= 15 is 0 Å². The highest BCUT2D eigenvalue weighted by molar-refractivity contribution is 5.73. The first kappa shape index (κ1) is 20.9. The van der Waals surface area contributed by atoms with Crippen molar-refractivity contribution in [1.29, 1.82) is 0 Å². The Morgan fingerprint density at radius 2 is 1.72 bits per heavy atom. The fourth-order valence-corrected chi connectivity index (χ4v) is 3.25. The molecular formula is C22H22FN9. The first-order chi connectivity index (χ1) is 15.5. The average Bonchev–Trinajstić information content (AvgIpc) is 2.80. The Morgan fingerprint density at radius 1 is 0.938 bits per heavy atom. The Bertz CT molecular complexity index is 1250. The number of hydrazine groups is 1. The molecule has 0 radical (unpaired) electrons. The number of nitrogens with zero attached hydrogens (tertiary/aromatic N) is 6. The molecule has 4 rings (SSSR count). The van der Waals surface area contributed by atoms with Crippen molar-refractivity contribution >= 4 is 34.8 Å². The molecule has 0 saturated heterocycles. The molecule has 32 heavy (non-hydrogen) atoms. The summed E-state index contributed by atoms with van der Waals surface area (Å²) in [6.45, 7) is 2.55. The van der Waals surface area contributed by atoms with Crippen molar-refractivity contribution in [3.63, 3.8) is 0 Å². The number of benzene rings is 2. The van der Waals surface area contributed by atoms with Gasteiger partial charge in [0.15, 0.2) is 5.82 Å². The third-order valence-corrected chi connectivity index (χ3v) is 4.78. The summed E-state index contributed by atoms with van der Waals surface area (Å²) in [5, 5.41) is 1.23. The van der Waals surface area contributed by atoms with E-state index in [1.54, 1.807) is 24.4 Å². The highest BCUT2D eigenvalue weighted by Crippen LogP contribution is 2.31. The normalized spacial score (nSPS) is 10.7. The Balaban J connectivity index is 1.71. The second kappa shape index (κ2) is 8.82. The van der Waals surface area contributed by atoms with E-state index in [1.165, 1.54) is 23.3 Å². The van der Waals surface area contributed by atoms with Crippen molar-refractivity contribution in [3.05, 3.63) is 72.8 Å². The Labute approximate surface area is 184 Å². The standard InChI is InChI=1S/C22H22FN9/c1-2-31(16-7-3-5-14(11-16)19-9-10-27-21(25)29-19)22-28-13-18(24)20(30-22)32(26)17-8-4-6-15(23)12-17/h3-13H,2,24,26H2,1H3,(H2,25,27,29). The van der Waals surface area contributed by atoms with Crippen LogP contribution < -0.4 is 27.2 Å². The van der Waals surface area contributed by atoms with Gasteiger partial charge in [0.05, 0.1) is 23.3 Å². The molecular weight excluding hydrogens is 409 g/mol. The molecule has 0 spiro atoms. The van der Waals surface area contributed by atoms with Crippen LogP contribution in [-0.4, -0.2) is 26.5 Å². The molecule has 2 aromatic heterocycles. The van der Waals surface area contributed by atoms with Crippen LogP contribution in [-0.2, 0) is 0 Å². The monoisotopic (exact) mass is 431 g/mol. The summed E-state index contributed by atoms with van der Waals surface area (Å²) >= 11 is 0. The Morgan fingerprint density at radius 3 is 2.47 bits per heavy atom. The van der Waals surface area contributed by atoms with Crippen molar-refractivity contribution < 1.29 is 4.39 Å². The summed E-state index contributed by atoms with van der Waals surface area (Å²) in [5.74, 6) is 6.64. The third-order valence-electron chi connectivity index (χ3n) is 4.78. The van der Waals surface area contributed by atoms with Gasteiger partial charge >= 0.3 is 0 Å². The smallest absolute Gasteiger partial charge is 0.232 e. The summed E-state index contributed by atoms with van der Waals surface area (Å²) in [7, 11) is 0. The van der Waals surface area contributed by atoms with Gasteiger partial charge in [-0.3, -0.25) is 5.01 Å². The van der Waals surface area contributed by atoms with Gasteiger partial charge in [-0.25, -0.2) is 25.2 Å². The van der Waals surface area contributed by atoms with Gasteiger partial charge < -0.3 is 16.4 Å². The minimum absolute atomic E-state index is 0.201. The van der Waals surface area contributed by atoms with Gasteiger partial charge in [0.1, 0.15) is 5.82 Å². The number of hydrogen-bond acceptors (Lipinski definition) is 9. The molecule has 0 atom stereocenters. The van der Waals surface area contributed by atoms with Crippen LogP contribution in [0.1, 0.15) is 6.92 Å². The quantitative estimate of drug-likeness (QED) is 0.310. The second-order valence-corrected chi connectivity index (χ2v) is 6.89. The maximum atomic E-state index is 13.7. The van der Waals surface area contributed by atoms with Crippen LogP contribution in [0.15, 0.2) is 67.0 Å². The van der Waals surface area contributed by atoms with Gasteiger partial charge in [-0.05, 0) is 43.3 Å². The van der Waals surface area contributed by atoms with E-state index in [1.807, 2.05) is 36.1 Å². The summed E-state index contributed by atoms with van der Waals surface area (Å²) < 4.78 is 13.7. The van der Waals surface area contributed by atoms with Crippen molar-refractivity contribution in [2.24, 2.45) is 5.84 Å². The molecule has 2 heterocycles. The minimum Gasteiger partial charge on any atom is -0.394 e. The summed E-state index contributed by atoms with van der Waals surface area (Å²) in [4.78, 5) is 19.1. The fraction of sp³-hybridized carbons (Fsp3) is 0.0909. The highest BCUT2D eigenvalue weighted by atomic mass is 19.1. The van der Waals surface area contributed by atoms with Gasteiger partial charge in [0, 0.05) is 24.0 Å². The summed E-state index contributed by atoms with van der Waals surface area (Å²) in [5.41, 5.74) is 14.9. The molecule has 0 aliphatic heterocycles. The van der Waals surface area contributed by atoms with Crippen LogP contribution >= 0.6 is 0 Å². The topological polar surface area (TPSA) is 136 Å². The molecule has 0 aliphatic carbocycles. The predicted octanol–water partition coefficient (Wildman–Crippen LogP) is 3.41. The van der Waals surface area contributed by atoms with Gasteiger partial charge in [0.25, 0.3) is 0 Å². The average molecular weight is 431 g/mol. The zero-order chi connectivity index (χ0) is 22.7. The first-order valence-corrected chi connectivity index (χ1v) is 9.85. The minimum atomic E-state index is -0.414. The Kier molecular flexibility index (Phi) is 5.77. The number of anilines is 6. The molecule has 0 bridgehead atoms. The van der Waals surface area contributed by atoms with Gasteiger partial charge in [-0.15, -0.1) is 0 Å². The van der Waals surface area contributed by atoms with Crippen LogP contribution in [0.25, 0.3) is 11.3 Å². The fourth-order valence-electron chi connectivity index (χ4n) is 3.25. The van der Waals surface area contributed by atoms with E-state index in [4.69, 9.17) is 17.3 Å². The summed E-state index contributed by atoms with van der Waals surface area (Å²) in [6, 6.07) is 15.4. The molecule has 162 valence electrons. The largest absolute Gasteiger partial charge is 0.394 e. The lowest BCUT2D eigenvalue weighted by molar-refractivity contribution is 0.627. The number of nitrogens with two attached hydrogens (primary N) is 3. The molecule has 6 N–H and O–H groups in total. The van der Waals surface area contributed by atoms with E-state index in [0.29, 0.717) is 23.9 Å². The lowest BCUT2D eigenvalue weighted by Gasteiger charge is -2.24. The molecule has 10 heteroatoms. The molecule has 0 fully saturated rings. The SMILES string of the molecule is CCN(c1cccc(-c2ccnc(N)n2)c1)c1ncc(N)c(N(N)c2cccc(F)c2)n1. The molecule has 0 unspecified atom stereocenters. The zero-order valence-corrected chi connectivity index (χ0v) is 17.4. The van der Waals surface area contributed by atoms with Crippen LogP contribution in [0.5, 0.6) is 0 Å². The Hall–Kier alpha value is -4.31. The lowest BCUT2D eigenvalue weighted by atomic mass is 10.1. The number of aromatic nitrogens is 4. The van der Waals surface area contributed by atoms with E-state index < -0.39 is 5.82 Å². The predicted molar refractivity (Wildman–Crippen MR) is 124 cm³/mol. The van der Waals surface area contributed by atoms with Crippen LogP contribution in [0.4, 0.5) is 39.2 Å². The van der Waals surface area contributed by atoms with Crippen molar-refractivity contribution in [3.8, 4) is 11.3 Å². The molecule has 0 amide bonds. The molecule has 0 saturated carbocycles. The maximum absolute atomic E-state index is 13.7. The highest BCUT2D eigenvalue weighted by Gasteiger charge is 2.17. The van der Waals surface area contributed by atoms with Crippen LogP contribution in [0.3, 0.4) is 0 Å². The van der Waals surface area contributed by atoms with E-state index in [9.17, 15) is 4.39 Å². The van der Waals surface area contributed by atoms with Crippen LogP contribution in [0, 0.1) is 5.82 Å². The second-order valence-electron chi connectivity index (χ2n) is 6.89. The number of halogens is 1. The molecule has 4 aromatic rings. The van der Waals surface area contributed by atoms with E-state index in [2.05, 4.69) is 19.9 Å². The van der Waals surface area contributed by atoms with Crippen molar-refractivity contribution in [1.82, 2.24) is 19.9 Å².